The lowest BCUT2D eigenvalue weighted by Gasteiger charge is -2.09. The van der Waals surface area contributed by atoms with Gasteiger partial charge < -0.3 is 10.6 Å². The van der Waals surface area contributed by atoms with Gasteiger partial charge in [0.1, 0.15) is 0 Å². The summed E-state index contributed by atoms with van der Waals surface area (Å²) in [5, 5.41) is 6.02. The van der Waals surface area contributed by atoms with Crippen molar-refractivity contribution >= 4 is 29.0 Å². The molecule has 2 aromatic rings. The van der Waals surface area contributed by atoms with Gasteiger partial charge in [-0.25, -0.2) is 0 Å². The molecule has 0 unspecified atom stereocenters. The molecule has 0 atom stereocenters. The van der Waals surface area contributed by atoms with E-state index in [0.717, 1.165) is 21.8 Å². The number of thioether (sulfide) groups is 1. The molecule has 0 spiro atoms. The van der Waals surface area contributed by atoms with Gasteiger partial charge in [-0.05, 0) is 55.1 Å². The Balaban J connectivity index is 2.17. The number of carbonyl (C=O) groups excluding carboxylic acids is 1. The highest BCUT2D eigenvalue weighted by atomic mass is 32.2. The minimum Gasteiger partial charge on any atom is -0.388 e. The topological polar surface area (TPSA) is 41.1 Å². The summed E-state index contributed by atoms with van der Waals surface area (Å²) >= 11 is 1.65. The molecule has 0 saturated carbocycles. The Hall–Kier alpha value is -1.94. The fraction of sp³-hybridized carbons (Fsp3) is 0.188. The second-order valence-electron chi connectivity index (χ2n) is 4.47. The van der Waals surface area contributed by atoms with Crippen LogP contribution in [0.3, 0.4) is 0 Å². The quantitative estimate of drug-likeness (QED) is 0.834. The van der Waals surface area contributed by atoms with Crippen LogP contribution in [0.4, 0.5) is 11.4 Å². The number of rotatable bonds is 4. The maximum absolute atomic E-state index is 12.2. The van der Waals surface area contributed by atoms with Crippen LogP contribution >= 0.6 is 11.8 Å². The lowest BCUT2D eigenvalue weighted by atomic mass is 10.1. The molecule has 0 fully saturated rings. The van der Waals surface area contributed by atoms with E-state index in [0.29, 0.717) is 5.56 Å². The summed E-state index contributed by atoms with van der Waals surface area (Å²) in [7, 11) is 1.87. The molecule has 1 amide bonds. The minimum absolute atomic E-state index is 0.0889. The summed E-state index contributed by atoms with van der Waals surface area (Å²) in [4.78, 5) is 13.4. The van der Waals surface area contributed by atoms with Gasteiger partial charge in [-0.1, -0.05) is 6.07 Å². The van der Waals surface area contributed by atoms with Crippen LogP contribution in [0, 0.1) is 6.92 Å². The van der Waals surface area contributed by atoms with Crippen LogP contribution < -0.4 is 10.6 Å². The highest BCUT2D eigenvalue weighted by Crippen LogP contribution is 2.20. The normalized spacial score (nSPS) is 10.2. The van der Waals surface area contributed by atoms with E-state index >= 15 is 0 Å². The number of anilines is 2. The molecule has 3 nitrogen and oxygen atoms in total. The molecule has 0 heterocycles. The smallest absolute Gasteiger partial charge is 0.255 e. The summed E-state index contributed by atoms with van der Waals surface area (Å²) < 4.78 is 0. The molecule has 0 aromatic heterocycles. The van der Waals surface area contributed by atoms with Crippen molar-refractivity contribution in [1.82, 2.24) is 0 Å². The van der Waals surface area contributed by atoms with Crippen LogP contribution in [0.5, 0.6) is 0 Å². The van der Waals surface area contributed by atoms with Gasteiger partial charge in [0.2, 0.25) is 0 Å². The molecule has 2 aromatic carbocycles. The molecular formula is C16H18N2OS. The summed E-state index contributed by atoms with van der Waals surface area (Å²) in [5.74, 6) is -0.0889. The maximum atomic E-state index is 12.2. The van der Waals surface area contributed by atoms with Gasteiger partial charge in [-0.3, -0.25) is 4.79 Å². The first-order chi connectivity index (χ1) is 9.63. The van der Waals surface area contributed by atoms with Gasteiger partial charge in [0.25, 0.3) is 5.91 Å². The standard InChI is InChI=1S/C16H18N2OS/c1-11-9-12(7-8-15(11)17-2)16(19)18-13-5-4-6-14(10-13)20-3/h4-10,17H,1-3H3,(H,18,19). The SMILES string of the molecule is CNc1ccc(C(=O)Nc2cccc(SC)c2)cc1C. The number of carbonyl (C=O) groups is 1. The Morgan fingerprint density at radius 3 is 2.60 bits per heavy atom. The number of hydrogen-bond acceptors (Lipinski definition) is 3. The van der Waals surface area contributed by atoms with E-state index in [-0.39, 0.29) is 5.91 Å². The van der Waals surface area contributed by atoms with Crippen LogP contribution in [0.25, 0.3) is 0 Å². The molecule has 0 aliphatic heterocycles. The minimum atomic E-state index is -0.0889. The van der Waals surface area contributed by atoms with E-state index in [1.54, 1.807) is 11.8 Å². The highest BCUT2D eigenvalue weighted by Gasteiger charge is 2.08. The van der Waals surface area contributed by atoms with Gasteiger partial charge >= 0.3 is 0 Å². The average Bonchev–Trinajstić information content (AvgIpc) is 2.47. The van der Waals surface area contributed by atoms with Crippen LogP contribution in [-0.4, -0.2) is 19.2 Å². The molecule has 0 radical (unpaired) electrons. The number of amides is 1. The summed E-state index contributed by atoms with van der Waals surface area (Å²) in [6, 6.07) is 13.5. The second kappa shape index (κ2) is 6.48. The number of benzene rings is 2. The monoisotopic (exact) mass is 286 g/mol. The Morgan fingerprint density at radius 2 is 1.95 bits per heavy atom. The Morgan fingerprint density at radius 1 is 1.15 bits per heavy atom. The largest absolute Gasteiger partial charge is 0.388 e. The van der Waals surface area contributed by atoms with Crippen LogP contribution in [-0.2, 0) is 0 Å². The van der Waals surface area contributed by atoms with Crippen molar-refractivity contribution in [3.8, 4) is 0 Å². The molecule has 20 heavy (non-hydrogen) atoms. The van der Waals surface area contributed by atoms with Crippen molar-refractivity contribution in [2.75, 3.05) is 23.9 Å². The van der Waals surface area contributed by atoms with E-state index in [9.17, 15) is 4.79 Å². The van der Waals surface area contributed by atoms with E-state index < -0.39 is 0 Å². The first kappa shape index (κ1) is 14.5. The summed E-state index contributed by atoms with van der Waals surface area (Å²) in [6.07, 6.45) is 2.01. The van der Waals surface area contributed by atoms with Crippen molar-refractivity contribution in [3.05, 3.63) is 53.6 Å². The van der Waals surface area contributed by atoms with Crippen molar-refractivity contribution in [1.29, 1.82) is 0 Å². The van der Waals surface area contributed by atoms with Crippen molar-refractivity contribution in [2.45, 2.75) is 11.8 Å². The fourth-order valence-corrected chi connectivity index (χ4v) is 2.45. The number of hydrogen-bond donors (Lipinski definition) is 2. The predicted octanol–water partition coefficient (Wildman–Crippen LogP) is 4.01. The van der Waals surface area contributed by atoms with Gasteiger partial charge in [0.15, 0.2) is 0 Å². The third kappa shape index (κ3) is 3.33. The first-order valence-electron chi connectivity index (χ1n) is 6.38. The van der Waals surface area contributed by atoms with Gasteiger partial charge in [-0.2, -0.15) is 0 Å². The van der Waals surface area contributed by atoms with E-state index in [1.165, 1.54) is 0 Å². The average molecular weight is 286 g/mol. The summed E-state index contributed by atoms with van der Waals surface area (Å²) in [5.41, 5.74) is 3.57. The molecule has 0 aliphatic carbocycles. The number of nitrogens with one attached hydrogen (secondary N) is 2. The molecular weight excluding hydrogens is 268 g/mol. The molecule has 2 rings (SSSR count). The molecule has 4 heteroatoms. The molecule has 0 saturated heterocycles. The lowest BCUT2D eigenvalue weighted by molar-refractivity contribution is 0.102. The highest BCUT2D eigenvalue weighted by molar-refractivity contribution is 7.98. The van der Waals surface area contributed by atoms with Crippen molar-refractivity contribution in [3.63, 3.8) is 0 Å². The third-order valence-corrected chi connectivity index (χ3v) is 3.81. The lowest BCUT2D eigenvalue weighted by Crippen LogP contribution is -2.12. The Bertz CT molecular complexity index is 626. The Kier molecular flexibility index (Phi) is 4.69. The van der Waals surface area contributed by atoms with Gasteiger partial charge in [0, 0.05) is 28.9 Å². The zero-order chi connectivity index (χ0) is 14.5. The molecule has 0 bridgehead atoms. The first-order valence-corrected chi connectivity index (χ1v) is 7.60. The van der Waals surface area contributed by atoms with E-state index in [4.69, 9.17) is 0 Å². The fourth-order valence-electron chi connectivity index (χ4n) is 1.99. The van der Waals surface area contributed by atoms with E-state index in [1.807, 2.05) is 62.7 Å². The third-order valence-electron chi connectivity index (χ3n) is 3.09. The van der Waals surface area contributed by atoms with Crippen LogP contribution in [0.15, 0.2) is 47.4 Å². The predicted molar refractivity (Wildman–Crippen MR) is 86.9 cm³/mol. The zero-order valence-electron chi connectivity index (χ0n) is 11.9. The Labute approximate surface area is 123 Å². The van der Waals surface area contributed by atoms with Crippen molar-refractivity contribution in [2.24, 2.45) is 0 Å². The van der Waals surface area contributed by atoms with E-state index in [2.05, 4.69) is 10.6 Å². The van der Waals surface area contributed by atoms with Crippen LogP contribution in [0.2, 0.25) is 0 Å². The van der Waals surface area contributed by atoms with Gasteiger partial charge in [-0.15, -0.1) is 11.8 Å². The molecule has 104 valence electrons. The molecule has 0 aliphatic rings. The maximum Gasteiger partial charge on any atom is 0.255 e. The van der Waals surface area contributed by atoms with Crippen molar-refractivity contribution < 1.29 is 4.79 Å². The zero-order valence-corrected chi connectivity index (χ0v) is 12.7. The van der Waals surface area contributed by atoms with Gasteiger partial charge in [0.05, 0.1) is 0 Å². The van der Waals surface area contributed by atoms with Crippen LogP contribution in [0.1, 0.15) is 15.9 Å². The molecule has 2 N–H and O–H groups in total. The summed E-state index contributed by atoms with van der Waals surface area (Å²) in [6.45, 7) is 1.98. The number of aryl methyl sites for hydroxylation is 1. The second-order valence-corrected chi connectivity index (χ2v) is 5.35.